The summed E-state index contributed by atoms with van der Waals surface area (Å²) in [6.07, 6.45) is 1.84. The second-order valence-corrected chi connectivity index (χ2v) is 4.23. The summed E-state index contributed by atoms with van der Waals surface area (Å²) in [4.78, 5) is 4.43. The standard InChI is InChI=1S/C16H13N/c1-12-10-14(13-6-3-2-4-7-13)11-16-15(12)8-5-9-17-16/h2-11H,1H3. The lowest BCUT2D eigenvalue weighted by Gasteiger charge is -2.06. The van der Waals surface area contributed by atoms with Crippen molar-refractivity contribution in [2.45, 2.75) is 6.92 Å². The molecule has 1 nitrogen and oxygen atoms in total. The molecule has 0 N–H and O–H groups in total. The van der Waals surface area contributed by atoms with Gasteiger partial charge in [-0.1, -0.05) is 42.5 Å². The number of nitrogens with zero attached hydrogens (tertiary/aromatic N) is 1. The lowest BCUT2D eigenvalue weighted by molar-refractivity contribution is 1.39. The highest BCUT2D eigenvalue weighted by molar-refractivity contribution is 5.87. The first-order valence-corrected chi connectivity index (χ1v) is 5.75. The van der Waals surface area contributed by atoms with E-state index in [0.29, 0.717) is 0 Å². The highest BCUT2D eigenvalue weighted by Gasteiger charge is 2.02. The van der Waals surface area contributed by atoms with Crippen LogP contribution in [0.5, 0.6) is 0 Å². The quantitative estimate of drug-likeness (QED) is 0.597. The van der Waals surface area contributed by atoms with E-state index in [0.717, 1.165) is 5.52 Å². The second kappa shape index (κ2) is 4.02. The van der Waals surface area contributed by atoms with Crippen molar-refractivity contribution in [2.24, 2.45) is 0 Å². The van der Waals surface area contributed by atoms with E-state index in [-0.39, 0.29) is 0 Å². The molecule has 0 amide bonds. The first kappa shape index (κ1) is 10.0. The van der Waals surface area contributed by atoms with Crippen LogP contribution in [0.25, 0.3) is 22.0 Å². The fourth-order valence-corrected chi connectivity index (χ4v) is 2.16. The molecule has 0 aliphatic heterocycles. The maximum atomic E-state index is 4.43. The molecule has 3 rings (SSSR count). The van der Waals surface area contributed by atoms with Crippen molar-refractivity contribution in [1.82, 2.24) is 4.98 Å². The summed E-state index contributed by atoms with van der Waals surface area (Å²) < 4.78 is 0. The Morgan fingerprint density at radius 1 is 0.824 bits per heavy atom. The van der Waals surface area contributed by atoms with Crippen LogP contribution < -0.4 is 0 Å². The molecule has 3 aromatic rings. The SMILES string of the molecule is Cc1cc(-c2ccccc2)cc2ncccc12. The molecule has 2 aromatic carbocycles. The van der Waals surface area contributed by atoms with Crippen molar-refractivity contribution >= 4 is 10.9 Å². The van der Waals surface area contributed by atoms with Crippen LogP contribution >= 0.6 is 0 Å². The summed E-state index contributed by atoms with van der Waals surface area (Å²) >= 11 is 0. The third-order valence-corrected chi connectivity index (χ3v) is 3.03. The zero-order chi connectivity index (χ0) is 11.7. The van der Waals surface area contributed by atoms with Crippen molar-refractivity contribution in [2.75, 3.05) is 0 Å². The second-order valence-electron chi connectivity index (χ2n) is 4.23. The normalized spacial score (nSPS) is 10.6. The summed E-state index contributed by atoms with van der Waals surface area (Å²) in [7, 11) is 0. The molecule has 1 aromatic heterocycles. The Morgan fingerprint density at radius 2 is 1.65 bits per heavy atom. The maximum Gasteiger partial charge on any atom is 0.0710 e. The van der Waals surface area contributed by atoms with Gasteiger partial charge in [-0.3, -0.25) is 4.98 Å². The highest BCUT2D eigenvalue weighted by atomic mass is 14.6. The number of aryl methyl sites for hydroxylation is 1. The summed E-state index contributed by atoms with van der Waals surface area (Å²) in [5.74, 6) is 0. The molecular formula is C16H13N. The Labute approximate surface area is 101 Å². The van der Waals surface area contributed by atoms with Gasteiger partial charge in [-0.15, -0.1) is 0 Å². The van der Waals surface area contributed by atoms with Crippen LogP contribution in [0.15, 0.2) is 60.8 Å². The minimum Gasteiger partial charge on any atom is -0.256 e. The van der Waals surface area contributed by atoms with Gasteiger partial charge in [-0.2, -0.15) is 0 Å². The Kier molecular flexibility index (Phi) is 2.37. The zero-order valence-corrected chi connectivity index (χ0v) is 9.72. The molecule has 0 saturated carbocycles. The smallest absolute Gasteiger partial charge is 0.0710 e. The van der Waals surface area contributed by atoms with Crippen LogP contribution in [-0.4, -0.2) is 4.98 Å². The molecule has 17 heavy (non-hydrogen) atoms. The first-order valence-electron chi connectivity index (χ1n) is 5.75. The van der Waals surface area contributed by atoms with Crippen LogP contribution in [0.4, 0.5) is 0 Å². The predicted octanol–water partition coefficient (Wildman–Crippen LogP) is 4.21. The molecule has 82 valence electrons. The summed E-state index contributed by atoms with van der Waals surface area (Å²) in [6, 6.07) is 18.9. The topological polar surface area (TPSA) is 12.9 Å². The highest BCUT2D eigenvalue weighted by Crippen LogP contribution is 2.25. The molecular weight excluding hydrogens is 206 g/mol. The lowest BCUT2D eigenvalue weighted by atomic mass is 10.0. The van der Waals surface area contributed by atoms with Gasteiger partial charge in [0.15, 0.2) is 0 Å². The van der Waals surface area contributed by atoms with Gasteiger partial charge in [0.25, 0.3) is 0 Å². The van der Waals surface area contributed by atoms with E-state index in [4.69, 9.17) is 0 Å². The van der Waals surface area contributed by atoms with Crippen molar-refractivity contribution in [1.29, 1.82) is 0 Å². The predicted molar refractivity (Wildman–Crippen MR) is 71.9 cm³/mol. The average molecular weight is 219 g/mol. The van der Waals surface area contributed by atoms with Gasteiger partial charge in [0, 0.05) is 11.6 Å². The molecule has 0 unspecified atom stereocenters. The number of hydrogen-bond acceptors (Lipinski definition) is 1. The third kappa shape index (κ3) is 1.80. The first-order chi connectivity index (χ1) is 8.34. The molecule has 0 radical (unpaired) electrons. The van der Waals surface area contributed by atoms with Crippen LogP contribution in [0.2, 0.25) is 0 Å². The number of benzene rings is 2. The number of pyridine rings is 1. The fraction of sp³-hybridized carbons (Fsp3) is 0.0625. The molecule has 0 aliphatic rings. The number of rotatable bonds is 1. The molecule has 0 saturated heterocycles. The van der Waals surface area contributed by atoms with E-state index in [1.54, 1.807) is 0 Å². The van der Waals surface area contributed by atoms with Gasteiger partial charge in [-0.25, -0.2) is 0 Å². The van der Waals surface area contributed by atoms with E-state index in [2.05, 4.69) is 54.4 Å². The van der Waals surface area contributed by atoms with Gasteiger partial charge in [-0.05, 0) is 35.7 Å². The minimum absolute atomic E-state index is 1.06. The Morgan fingerprint density at radius 3 is 2.47 bits per heavy atom. The molecule has 0 fully saturated rings. The van der Waals surface area contributed by atoms with Gasteiger partial charge in [0.1, 0.15) is 0 Å². The van der Waals surface area contributed by atoms with Crippen molar-refractivity contribution < 1.29 is 0 Å². The van der Waals surface area contributed by atoms with E-state index in [1.165, 1.54) is 22.1 Å². The van der Waals surface area contributed by atoms with E-state index < -0.39 is 0 Å². The van der Waals surface area contributed by atoms with E-state index >= 15 is 0 Å². The Hall–Kier alpha value is -2.15. The van der Waals surface area contributed by atoms with Crippen molar-refractivity contribution in [3.8, 4) is 11.1 Å². The van der Waals surface area contributed by atoms with Gasteiger partial charge in [0.05, 0.1) is 5.52 Å². The molecule has 1 heterocycles. The van der Waals surface area contributed by atoms with Crippen LogP contribution in [-0.2, 0) is 0 Å². The minimum atomic E-state index is 1.06. The number of hydrogen-bond donors (Lipinski definition) is 0. The largest absolute Gasteiger partial charge is 0.256 e. The fourth-order valence-electron chi connectivity index (χ4n) is 2.16. The summed E-state index contributed by atoms with van der Waals surface area (Å²) in [5.41, 5.74) is 4.80. The summed E-state index contributed by atoms with van der Waals surface area (Å²) in [6.45, 7) is 2.14. The molecule has 0 spiro atoms. The molecule has 1 heteroatoms. The molecule has 0 aliphatic carbocycles. The molecule has 0 atom stereocenters. The monoisotopic (exact) mass is 219 g/mol. The third-order valence-electron chi connectivity index (χ3n) is 3.03. The van der Waals surface area contributed by atoms with Crippen molar-refractivity contribution in [3.05, 3.63) is 66.4 Å². The van der Waals surface area contributed by atoms with E-state index in [1.807, 2.05) is 18.3 Å². The van der Waals surface area contributed by atoms with Crippen LogP contribution in [0.1, 0.15) is 5.56 Å². The van der Waals surface area contributed by atoms with Gasteiger partial charge >= 0.3 is 0 Å². The maximum absolute atomic E-state index is 4.43. The number of fused-ring (bicyclic) bond motifs is 1. The summed E-state index contributed by atoms with van der Waals surface area (Å²) in [5, 5.41) is 1.23. The average Bonchev–Trinajstić information content (AvgIpc) is 2.40. The Balaban J connectivity index is 2.26. The van der Waals surface area contributed by atoms with Gasteiger partial charge < -0.3 is 0 Å². The number of aromatic nitrogens is 1. The van der Waals surface area contributed by atoms with Crippen LogP contribution in [0.3, 0.4) is 0 Å². The van der Waals surface area contributed by atoms with E-state index in [9.17, 15) is 0 Å². The lowest BCUT2D eigenvalue weighted by Crippen LogP contribution is -1.85. The molecule has 0 bridgehead atoms. The van der Waals surface area contributed by atoms with Crippen LogP contribution in [0, 0.1) is 6.92 Å². The van der Waals surface area contributed by atoms with Gasteiger partial charge in [0.2, 0.25) is 0 Å². The van der Waals surface area contributed by atoms with Crippen molar-refractivity contribution in [3.63, 3.8) is 0 Å². The Bertz CT molecular complexity index is 657. The zero-order valence-electron chi connectivity index (χ0n) is 9.72.